The Labute approximate surface area is 464 Å². The number of benzene rings is 11. The fourth-order valence-corrected chi connectivity index (χ4v) is 11.8. The lowest BCUT2D eigenvalue weighted by Crippen LogP contribution is -2.27. The molecule has 3 aliphatic rings. The molecule has 0 amide bonds. The Morgan fingerprint density at radius 1 is 0.150 bits per heavy atom. The summed E-state index contributed by atoms with van der Waals surface area (Å²) < 4.78 is 0. The monoisotopic (exact) mass is 1020 g/mol. The van der Waals surface area contributed by atoms with E-state index in [-0.39, 0.29) is 11.8 Å². The molecule has 6 heteroatoms. The predicted octanol–water partition coefficient (Wildman–Crippen LogP) is 17.7. The van der Waals surface area contributed by atoms with Gasteiger partial charge < -0.3 is 0 Å². The molecule has 374 valence electrons. The van der Waals surface area contributed by atoms with Gasteiger partial charge in [-0.3, -0.25) is 0 Å². The Balaban J connectivity index is 0.797. The van der Waals surface area contributed by atoms with Gasteiger partial charge in [-0.1, -0.05) is 255 Å². The van der Waals surface area contributed by atoms with Gasteiger partial charge in [0.25, 0.3) is 0 Å². The second kappa shape index (κ2) is 19.8. The largest absolute Gasteiger partial charge is 0.208 e. The van der Waals surface area contributed by atoms with Gasteiger partial charge in [-0.25, -0.2) is 29.9 Å². The van der Waals surface area contributed by atoms with Gasteiger partial charge in [0.15, 0.2) is 34.9 Å². The summed E-state index contributed by atoms with van der Waals surface area (Å²) in [6.07, 6.45) is 0. The van der Waals surface area contributed by atoms with E-state index in [4.69, 9.17) is 29.9 Å². The van der Waals surface area contributed by atoms with Gasteiger partial charge in [0.1, 0.15) is 0 Å². The van der Waals surface area contributed by atoms with Gasteiger partial charge in [-0.2, -0.15) is 0 Å². The van der Waals surface area contributed by atoms with Crippen LogP contribution in [-0.2, 0) is 0 Å². The lowest BCUT2D eigenvalue weighted by molar-refractivity contribution is 0.754. The molecule has 11 aromatic carbocycles. The van der Waals surface area contributed by atoms with Gasteiger partial charge in [-0.05, 0) is 102 Å². The standard InChI is InChI=1S/C74H48N6/c1-5-17-47(18-6-1)49-31-35-51(36-32-49)55-25-15-27-57(43-55)71-75-69(53-21-9-3-10-22-53)77-73(79-71)59-39-41-63-65(45-59)67-61-29-13-14-30-62(61)68(63)66-46-60(40-42-64(66)67)74-78-70(54-23-11-4-12-24-54)76-72(80-74)58-28-16-26-56(44-58)52-37-33-50(34-38-52)48-19-7-2-8-20-48/h1-46,67-68H. The van der Waals surface area contributed by atoms with Crippen molar-refractivity contribution in [3.8, 4) is 113 Å². The molecule has 2 heterocycles. The molecule has 16 rings (SSSR count). The Morgan fingerprint density at radius 2 is 0.375 bits per heavy atom. The highest BCUT2D eigenvalue weighted by Gasteiger charge is 2.41. The van der Waals surface area contributed by atoms with Gasteiger partial charge in [0, 0.05) is 45.2 Å². The SMILES string of the molecule is c1ccc(-c2ccc(-c3cccc(-c4nc(-c5ccccc5)nc(-c5ccc6c(c5)C5c7ccccc7C6c6cc(-c7nc(-c8ccccc8)nc(-c8cccc(-c9ccc(-c%10ccccc%10)cc9)c8)n7)ccc65)n4)c3)cc2)cc1. The third kappa shape index (κ3) is 8.56. The number of hydrogen-bond donors (Lipinski definition) is 0. The highest BCUT2D eigenvalue weighted by molar-refractivity contribution is 5.79. The van der Waals surface area contributed by atoms with Gasteiger partial charge in [-0.15, -0.1) is 0 Å². The zero-order chi connectivity index (χ0) is 52.9. The quantitative estimate of drug-likeness (QED) is 0.136. The van der Waals surface area contributed by atoms with Crippen molar-refractivity contribution in [1.29, 1.82) is 0 Å². The molecule has 0 saturated carbocycles. The van der Waals surface area contributed by atoms with Gasteiger partial charge in [0.05, 0.1) is 0 Å². The lowest BCUT2D eigenvalue weighted by atomic mass is 9.61. The van der Waals surface area contributed by atoms with E-state index in [9.17, 15) is 0 Å². The summed E-state index contributed by atoms with van der Waals surface area (Å²) in [5.41, 5.74) is 22.5. The molecule has 2 atom stereocenters. The lowest BCUT2D eigenvalue weighted by Gasteiger charge is -2.42. The van der Waals surface area contributed by atoms with Crippen LogP contribution < -0.4 is 0 Å². The minimum absolute atomic E-state index is 0.00615. The zero-order valence-corrected chi connectivity index (χ0v) is 43.4. The van der Waals surface area contributed by atoms with Crippen LogP contribution >= 0.6 is 0 Å². The van der Waals surface area contributed by atoms with E-state index in [2.05, 4.69) is 231 Å². The van der Waals surface area contributed by atoms with E-state index < -0.39 is 0 Å². The topological polar surface area (TPSA) is 77.3 Å². The number of aromatic nitrogens is 6. The predicted molar refractivity (Wildman–Crippen MR) is 322 cm³/mol. The maximum Gasteiger partial charge on any atom is 0.164 e. The smallest absolute Gasteiger partial charge is 0.164 e. The van der Waals surface area contributed by atoms with Gasteiger partial charge >= 0.3 is 0 Å². The van der Waals surface area contributed by atoms with Crippen molar-refractivity contribution in [2.24, 2.45) is 0 Å². The normalized spacial score (nSPS) is 13.8. The number of nitrogens with zero attached hydrogens (tertiary/aromatic N) is 6. The van der Waals surface area contributed by atoms with Crippen molar-refractivity contribution in [1.82, 2.24) is 29.9 Å². The first kappa shape index (κ1) is 46.7. The first-order valence-electron chi connectivity index (χ1n) is 27.1. The minimum Gasteiger partial charge on any atom is -0.208 e. The minimum atomic E-state index is -0.00615. The van der Waals surface area contributed by atoms with Crippen LogP contribution in [0.4, 0.5) is 0 Å². The van der Waals surface area contributed by atoms with Crippen LogP contribution in [0.2, 0.25) is 0 Å². The van der Waals surface area contributed by atoms with E-state index in [0.29, 0.717) is 34.9 Å². The fourth-order valence-electron chi connectivity index (χ4n) is 11.8. The second-order valence-corrected chi connectivity index (χ2v) is 20.6. The Kier molecular flexibility index (Phi) is 11.6. The van der Waals surface area contributed by atoms with Crippen LogP contribution in [0.5, 0.6) is 0 Å². The van der Waals surface area contributed by atoms with Crippen LogP contribution in [0.1, 0.15) is 45.2 Å². The molecule has 80 heavy (non-hydrogen) atoms. The molecule has 13 aromatic rings. The molecule has 2 bridgehead atoms. The molecule has 2 unspecified atom stereocenters. The summed E-state index contributed by atoms with van der Waals surface area (Å²) in [5.74, 6) is 3.75. The van der Waals surface area contributed by atoms with Crippen LogP contribution in [0.25, 0.3) is 113 Å². The average molecular weight is 1020 g/mol. The molecule has 3 aliphatic carbocycles. The molecule has 0 aliphatic heterocycles. The molecule has 0 N–H and O–H groups in total. The van der Waals surface area contributed by atoms with E-state index in [0.717, 1.165) is 55.6 Å². The summed E-state index contributed by atoms with van der Waals surface area (Å²) >= 11 is 0. The van der Waals surface area contributed by atoms with Crippen molar-refractivity contribution in [2.75, 3.05) is 0 Å². The molecular formula is C74H48N6. The molecule has 2 aromatic heterocycles. The molecule has 0 fully saturated rings. The Hall–Kier alpha value is -10.6. The van der Waals surface area contributed by atoms with Crippen LogP contribution in [-0.4, -0.2) is 29.9 Å². The highest BCUT2D eigenvalue weighted by atomic mass is 15.0. The highest BCUT2D eigenvalue weighted by Crippen LogP contribution is 2.56. The van der Waals surface area contributed by atoms with Crippen LogP contribution in [0.3, 0.4) is 0 Å². The third-order valence-electron chi connectivity index (χ3n) is 15.8. The van der Waals surface area contributed by atoms with E-state index in [1.807, 2.05) is 48.5 Å². The molecular weight excluding hydrogens is 973 g/mol. The Morgan fingerprint density at radius 3 is 0.725 bits per heavy atom. The summed E-state index contributed by atoms with van der Waals surface area (Å²) in [7, 11) is 0. The second-order valence-electron chi connectivity index (χ2n) is 20.6. The summed E-state index contributed by atoms with van der Waals surface area (Å²) in [5, 5.41) is 0. The molecule has 0 spiro atoms. The zero-order valence-electron chi connectivity index (χ0n) is 43.4. The summed E-state index contributed by atoms with van der Waals surface area (Å²) in [4.78, 5) is 31.3. The third-order valence-corrected chi connectivity index (χ3v) is 15.8. The van der Waals surface area contributed by atoms with E-state index in [1.54, 1.807) is 0 Å². The van der Waals surface area contributed by atoms with Crippen molar-refractivity contribution in [3.05, 3.63) is 312 Å². The first-order chi connectivity index (χ1) is 39.6. The maximum atomic E-state index is 5.28. The van der Waals surface area contributed by atoms with E-state index >= 15 is 0 Å². The fraction of sp³-hybridized carbons (Fsp3) is 0.0270. The Bertz CT molecular complexity index is 4160. The summed E-state index contributed by atoms with van der Waals surface area (Å²) in [6, 6.07) is 98.5. The van der Waals surface area contributed by atoms with Crippen LogP contribution in [0.15, 0.2) is 279 Å². The average Bonchev–Trinajstić information content (AvgIpc) is 3.68. The molecule has 6 nitrogen and oxygen atoms in total. The number of hydrogen-bond acceptors (Lipinski definition) is 6. The maximum absolute atomic E-state index is 5.28. The van der Waals surface area contributed by atoms with E-state index in [1.165, 1.54) is 55.6 Å². The van der Waals surface area contributed by atoms with Gasteiger partial charge in [0.2, 0.25) is 0 Å². The van der Waals surface area contributed by atoms with Crippen molar-refractivity contribution in [3.63, 3.8) is 0 Å². The number of rotatable bonds is 10. The van der Waals surface area contributed by atoms with Crippen molar-refractivity contribution < 1.29 is 0 Å². The van der Waals surface area contributed by atoms with Crippen molar-refractivity contribution >= 4 is 0 Å². The first-order valence-corrected chi connectivity index (χ1v) is 27.1. The van der Waals surface area contributed by atoms with Crippen molar-refractivity contribution in [2.45, 2.75) is 11.8 Å². The molecule has 0 saturated heterocycles. The summed E-state index contributed by atoms with van der Waals surface area (Å²) in [6.45, 7) is 0. The molecule has 0 radical (unpaired) electrons. The van der Waals surface area contributed by atoms with Crippen LogP contribution in [0, 0.1) is 0 Å².